The number of pyridine rings is 1. The first-order valence-corrected chi connectivity index (χ1v) is 8.08. The fraction of sp³-hybridized carbons (Fsp3) is 0.125. The van der Waals surface area contributed by atoms with Crippen LogP contribution in [0.4, 0.5) is 10.3 Å². The van der Waals surface area contributed by atoms with E-state index in [9.17, 15) is 9.18 Å². The normalized spacial score (nSPS) is 11.8. The molecule has 0 bridgehead atoms. The SMILES string of the molecule is CC(Oc1ccc(F)cc1Br)C(=O)Nc1n[nH]c(-c2ccccn2)n1. The summed E-state index contributed by atoms with van der Waals surface area (Å²) in [6.07, 6.45) is 0.797. The molecule has 25 heavy (non-hydrogen) atoms. The number of aromatic nitrogens is 4. The summed E-state index contributed by atoms with van der Waals surface area (Å²) in [5.41, 5.74) is 0.607. The minimum Gasteiger partial charge on any atom is -0.480 e. The minimum atomic E-state index is -0.835. The van der Waals surface area contributed by atoms with Gasteiger partial charge in [0, 0.05) is 6.20 Å². The zero-order valence-electron chi connectivity index (χ0n) is 13.0. The zero-order valence-corrected chi connectivity index (χ0v) is 14.6. The Labute approximate surface area is 150 Å². The van der Waals surface area contributed by atoms with Crippen molar-refractivity contribution in [1.82, 2.24) is 20.2 Å². The smallest absolute Gasteiger partial charge is 0.267 e. The molecular weight excluding hydrogens is 393 g/mol. The molecule has 0 radical (unpaired) electrons. The average Bonchev–Trinajstić information content (AvgIpc) is 3.06. The van der Waals surface area contributed by atoms with Crippen LogP contribution in [0.5, 0.6) is 5.75 Å². The average molecular weight is 406 g/mol. The molecule has 0 aliphatic rings. The lowest BCUT2D eigenvalue weighted by Crippen LogP contribution is -2.30. The van der Waals surface area contributed by atoms with E-state index in [-0.39, 0.29) is 5.95 Å². The largest absolute Gasteiger partial charge is 0.480 e. The maximum absolute atomic E-state index is 13.1. The minimum absolute atomic E-state index is 0.110. The molecule has 0 fully saturated rings. The second kappa shape index (κ2) is 7.39. The molecule has 2 N–H and O–H groups in total. The van der Waals surface area contributed by atoms with Crippen molar-refractivity contribution in [3.63, 3.8) is 0 Å². The third-order valence-electron chi connectivity index (χ3n) is 3.19. The van der Waals surface area contributed by atoms with Crippen LogP contribution in [-0.4, -0.2) is 32.2 Å². The number of amides is 1. The van der Waals surface area contributed by atoms with Crippen molar-refractivity contribution in [2.75, 3.05) is 5.32 Å². The summed E-state index contributed by atoms with van der Waals surface area (Å²) in [4.78, 5) is 20.5. The Bertz CT molecular complexity index is 887. The van der Waals surface area contributed by atoms with Gasteiger partial charge in [-0.15, -0.1) is 5.10 Å². The van der Waals surface area contributed by atoms with E-state index in [4.69, 9.17) is 4.74 Å². The predicted molar refractivity (Wildman–Crippen MR) is 92.4 cm³/mol. The fourth-order valence-corrected chi connectivity index (χ4v) is 2.41. The second-order valence-corrected chi connectivity index (χ2v) is 5.90. The summed E-state index contributed by atoms with van der Waals surface area (Å²) in [5, 5.41) is 9.18. The van der Waals surface area contributed by atoms with Crippen molar-refractivity contribution in [2.45, 2.75) is 13.0 Å². The van der Waals surface area contributed by atoms with Crippen molar-refractivity contribution in [2.24, 2.45) is 0 Å². The molecule has 0 spiro atoms. The Morgan fingerprint density at radius 3 is 2.92 bits per heavy atom. The van der Waals surface area contributed by atoms with Crippen molar-refractivity contribution in [1.29, 1.82) is 0 Å². The molecule has 9 heteroatoms. The van der Waals surface area contributed by atoms with Gasteiger partial charge in [0.15, 0.2) is 11.9 Å². The first-order valence-electron chi connectivity index (χ1n) is 7.29. The maximum Gasteiger partial charge on any atom is 0.267 e. The summed E-state index contributed by atoms with van der Waals surface area (Å²) in [6, 6.07) is 9.32. The number of halogens is 2. The molecule has 7 nitrogen and oxygen atoms in total. The maximum atomic E-state index is 13.1. The first kappa shape index (κ1) is 17.0. The van der Waals surface area contributed by atoms with Gasteiger partial charge in [0.25, 0.3) is 5.91 Å². The van der Waals surface area contributed by atoms with E-state index in [0.717, 1.165) is 0 Å². The van der Waals surface area contributed by atoms with E-state index in [1.165, 1.54) is 18.2 Å². The number of hydrogen-bond acceptors (Lipinski definition) is 5. The molecule has 2 heterocycles. The molecule has 3 aromatic rings. The number of hydrogen-bond donors (Lipinski definition) is 2. The number of anilines is 1. The number of ether oxygens (including phenoxy) is 1. The lowest BCUT2D eigenvalue weighted by atomic mass is 10.3. The Balaban J connectivity index is 1.65. The molecule has 128 valence electrons. The van der Waals surface area contributed by atoms with Gasteiger partial charge in [-0.3, -0.25) is 20.2 Å². The molecule has 1 amide bonds. The van der Waals surface area contributed by atoms with Crippen molar-refractivity contribution in [3.05, 3.63) is 52.9 Å². The summed E-state index contributed by atoms with van der Waals surface area (Å²) in [6.45, 7) is 1.57. The zero-order chi connectivity index (χ0) is 17.8. The number of H-pyrrole nitrogens is 1. The van der Waals surface area contributed by atoms with Gasteiger partial charge < -0.3 is 4.74 Å². The fourth-order valence-electron chi connectivity index (χ4n) is 1.96. The highest BCUT2D eigenvalue weighted by molar-refractivity contribution is 9.10. The van der Waals surface area contributed by atoms with E-state index in [0.29, 0.717) is 21.7 Å². The Morgan fingerprint density at radius 2 is 2.20 bits per heavy atom. The van der Waals surface area contributed by atoms with Gasteiger partial charge in [0.1, 0.15) is 17.3 Å². The van der Waals surface area contributed by atoms with Crippen LogP contribution in [0.15, 0.2) is 47.1 Å². The summed E-state index contributed by atoms with van der Waals surface area (Å²) < 4.78 is 19.0. The van der Waals surface area contributed by atoms with Crippen molar-refractivity contribution >= 4 is 27.8 Å². The Morgan fingerprint density at radius 1 is 1.36 bits per heavy atom. The molecule has 0 saturated carbocycles. The van der Waals surface area contributed by atoms with Gasteiger partial charge in [-0.05, 0) is 53.2 Å². The van der Waals surface area contributed by atoms with E-state index in [2.05, 4.69) is 41.4 Å². The van der Waals surface area contributed by atoms with Crippen LogP contribution in [-0.2, 0) is 4.79 Å². The first-order chi connectivity index (χ1) is 12.0. The quantitative estimate of drug-likeness (QED) is 0.679. The molecule has 1 atom stereocenters. The lowest BCUT2D eigenvalue weighted by molar-refractivity contribution is -0.122. The monoisotopic (exact) mass is 405 g/mol. The van der Waals surface area contributed by atoms with Crippen LogP contribution < -0.4 is 10.1 Å². The number of nitrogens with one attached hydrogen (secondary N) is 2. The summed E-state index contributed by atoms with van der Waals surface area (Å²) in [7, 11) is 0. The van der Waals surface area contributed by atoms with E-state index < -0.39 is 17.8 Å². The van der Waals surface area contributed by atoms with Gasteiger partial charge in [-0.25, -0.2) is 4.39 Å². The predicted octanol–water partition coefficient (Wildman–Crippen LogP) is 3.17. The van der Waals surface area contributed by atoms with Gasteiger partial charge in [-0.2, -0.15) is 4.98 Å². The molecule has 1 aromatic carbocycles. The standard InChI is InChI=1S/C16H13BrFN5O2/c1-9(25-13-6-5-10(18)8-11(13)17)15(24)21-16-20-14(22-23-16)12-4-2-3-7-19-12/h2-9H,1H3,(H2,20,21,22,23,24). The number of nitrogens with zero attached hydrogens (tertiary/aromatic N) is 3. The highest BCUT2D eigenvalue weighted by Crippen LogP contribution is 2.26. The van der Waals surface area contributed by atoms with Crippen molar-refractivity contribution < 1.29 is 13.9 Å². The molecule has 0 saturated heterocycles. The van der Waals surface area contributed by atoms with E-state index in [1.807, 2.05) is 6.07 Å². The third kappa shape index (κ3) is 4.18. The number of rotatable bonds is 5. The Kier molecular flexibility index (Phi) is 5.03. The number of carbonyl (C=O) groups excluding carboxylic acids is 1. The number of carbonyl (C=O) groups is 1. The molecule has 2 aromatic heterocycles. The molecular formula is C16H13BrFN5O2. The van der Waals surface area contributed by atoms with Crippen LogP contribution in [0.1, 0.15) is 6.92 Å². The Hall–Kier alpha value is -2.81. The van der Waals surface area contributed by atoms with E-state index >= 15 is 0 Å². The van der Waals surface area contributed by atoms with Crippen LogP contribution >= 0.6 is 15.9 Å². The lowest BCUT2D eigenvalue weighted by Gasteiger charge is -2.14. The number of aromatic amines is 1. The van der Waals surface area contributed by atoms with Crippen molar-refractivity contribution in [3.8, 4) is 17.3 Å². The summed E-state index contributed by atoms with van der Waals surface area (Å²) >= 11 is 3.19. The van der Waals surface area contributed by atoms with E-state index in [1.54, 1.807) is 25.3 Å². The third-order valence-corrected chi connectivity index (χ3v) is 3.81. The van der Waals surface area contributed by atoms with Gasteiger partial charge in [-0.1, -0.05) is 6.07 Å². The second-order valence-electron chi connectivity index (χ2n) is 5.05. The number of benzene rings is 1. The van der Waals surface area contributed by atoms with Gasteiger partial charge in [0.05, 0.1) is 4.47 Å². The van der Waals surface area contributed by atoms with Crippen LogP contribution in [0, 0.1) is 5.82 Å². The van der Waals surface area contributed by atoms with Crippen LogP contribution in [0.2, 0.25) is 0 Å². The highest BCUT2D eigenvalue weighted by Gasteiger charge is 2.18. The molecule has 0 aliphatic heterocycles. The van der Waals surface area contributed by atoms with Gasteiger partial charge in [0.2, 0.25) is 5.95 Å². The van der Waals surface area contributed by atoms with Gasteiger partial charge >= 0.3 is 0 Å². The highest BCUT2D eigenvalue weighted by atomic mass is 79.9. The van der Waals surface area contributed by atoms with Crippen LogP contribution in [0.25, 0.3) is 11.5 Å². The molecule has 0 aliphatic carbocycles. The molecule has 3 rings (SSSR count). The summed E-state index contributed by atoms with van der Waals surface area (Å²) in [5.74, 6) is 0.0557. The molecule has 1 unspecified atom stereocenters. The van der Waals surface area contributed by atoms with Crippen LogP contribution in [0.3, 0.4) is 0 Å². The topological polar surface area (TPSA) is 92.8 Å².